The zero-order valence-corrected chi connectivity index (χ0v) is 16.2. The van der Waals surface area contributed by atoms with Crippen LogP contribution in [0.1, 0.15) is 34.5 Å². The summed E-state index contributed by atoms with van der Waals surface area (Å²) < 4.78 is 13.0. The van der Waals surface area contributed by atoms with E-state index < -0.39 is 0 Å². The van der Waals surface area contributed by atoms with Crippen molar-refractivity contribution < 1.29 is 14.0 Å². The molecule has 2 amide bonds. The van der Waals surface area contributed by atoms with Crippen LogP contribution in [0.3, 0.4) is 0 Å². The number of fused-ring (bicyclic) bond motifs is 1. The first-order valence-electron chi connectivity index (χ1n) is 9.48. The fraction of sp³-hybridized carbons (Fsp3) is 0.381. The molecule has 2 aliphatic heterocycles. The van der Waals surface area contributed by atoms with Gasteiger partial charge in [0.1, 0.15) is 5.82 Å². The van der Waals surface area contributed by atoms with Gasteiger partial charge in [-0.05, 0) is 48.7 Å². The van der Waals surface area contributed by atoms with Crippen LogP contribution in [0.5, 0.6) is 0 Å². The molecule has 1 fully saturated rings. The molecule has 7 heteroatoms. The quantitative estimate of drug-likeness (QED) is 0.775. The number of hydrogen-bond acceptors (Lipinski definition) is 3. The van der Waals surface area contributed by atoms with Gasteiger partial charge in [0.2, 0.25) is 5.91 Å². The SMILES string of the molecule is O=C(c1ccc(F)cc1)N1CCC(C(=O)N2CCc3ncc(Cl)cc3C2)CC1. The topological polar surface area (TPSA) is 53.5 Å². The van der Waals surface area contributed by atoms with Crippen LogP contribution in [0, 0.1) is 11.7 Å². The number of carbonyl (C=O) groups is 2. The van der Waals surface area contributed by atoms with Gasteiger partial charge in [0.15, 0.2) is 0 Å². The highest BCUT2D eigenvalue weighted by Crippen LogP contribution is 2.26. The molecule has 2 aromatic rings. The summed E-state index contributed by atoms with van der Waals surface area (Å²) in [7, 11) is 0. The summed E-state index contributed by atoms with van der Waals surface area (Å²) in [5, 5.41) is 0.584. The second kappa shape index (κ2) is 7.87. The summed E-state index contributed by atoms with van der Waals surface area (Å²) in [5.74, 6) is -0.413. The lowest BCUT2D eigenvalue weighted by molar-refractivity contribution is -0.137. The zero-order chi connectivity index (χ0) is 19.7. The van der Waals surface area contributed by atoms with Gasteiger partial charge in [-0.1, -0.05) is 11.6 Å². The highest BCUT2D eigenvalue weighted by Gasteiger charge is 2.32. The van der Waals surface area contributed by atoms with Crippen LogP contribution in [0.2, 0.25) is 5.02 Å². The predicted octanol–water partition coefficient (Wildman–Crippen LogP) is 3.31. The molecule has 1 aromatic carbocycles. The number of piperidine rings is 1. The maximum Gasteiger partial charge on any atom is 0.253 e. The van der Waals surface area contributed by atoms with Crippen LogP contribution in [0.15, 0.2) is 36.5 Å². The van der Waals surface area contributed by atoms with Crippen molar-refractivity contribution in [2.24, 2.45) is 5.92 Å². The molecule has 1 aromatic heterocycles. The molecule has 2 aliphatic rings. The second-order valence-electron chi connectivity index (χ2n) is 7.34. The number of amides is 2. The summed E-state index contributed by atoms with van der Waals surface area (Å²) in [5.41, 5.74) is 2.49. The smallest absolute Gasteiger partial charge is 0.253 e. The van der Waals surface area contributed by atoms with Gasteiger partial charge < -0.3 is 9.80 Å². The molecular formula is C21H21ClFN3O2. The fourth-order valence-electron chi connectivity index (χ4n) is 3.95. The Morgan fingerprint density at radius 2 is 1.79 bits per heavy atom. The molecule has 0 aliphatic carbocycles. The average molecular weight is 402 g/mol. The first kappa shape index (κ1) is 18.9. The number of carbonyl (C=O) groups excluding carboxylic acids is 2. The number of halogens is 2. The molecule has 0 atom stereocenters. The van der Waals surface area contributed by atoms with Gasteiger partial charge >= 0.3 is 0 Å². The Morgan fingerprint density at radius 3 is 2.50 bits per heavy atom. The van der Waals surface area contributed by atoms with Crippen molar-refractivity contribution in [1.29, 1.82) is 0 Å². The summed E-state index contributed by atoms with van der Waals surface area (Å²) in [6.07, 6.45) is 3.66. The molecular weight excluding hydrogens is 381 g/mol. The lowest BCUT2D eigenvalue weighted by Crippen LogP contribution is -2.45. The maximum atomic E-state index is 13.0. The first-order chi connectivity index (χ1) is 13.5. The van der Waals surface area contributed by atoms with Crippen molar-refractivity contribution in [3.05, 3.63) is 64.2 Å². The number of pyridine rings is 1. The van der Waals surface area contributed by atoms with E-state index in [9.17, 15) is 14.0 Å². The van der Waals surface area contributed by atoms with Crippen LogP contribution in [0.25, 0.3) is 0 Å². The Morgan fingerprint density at radius 1 is 1.07 bits per heavy atom. The second-order valence-corrected chi connectivity index (χ2v) is 7.78. The molecule has 5 nitrogen and oxygen atoms in total. The zero-order valence-electron chi connectivity index (χ0n) is 15.4. The van der Waals surface area contributed by atoms with E-state index >= 15 is 0 Å². The van der Waals surface area contributed by atoms with E-state index in [0.29, 0.717) is 49.6 Å². The molecule has 0 radical (unpaired) electrons. The third kappa shape index (κ3) is 3.87. The van der Waals surface area contributed by atoms with Crippen molar-refractivity contribution in [3.63, 3.8) is 0 Å². The molecule has 3 heterocycles. The van der Waals surface area contributed by atoms with Gasteiger partial charge in [-0.25, -0.2) is 4.39 Å². The number of rotatable bonds is 2. The van der Waals surface area contributed by atoms with E-state index in [-0.39, 0.29) is 23.5 Å². The standard InChI is InChI=1S/C21H21ClFN3O2/c22-17-11-16-13-26(10-7-19(16)24-12-17)21(28)15-5-8-25(9-6-15)20(27)14-1-3-18(23)4-2-14/h1-4,11-12,15H,5-10,13H2. The third-order valence-electron chi connectivity index (χ3n) is 5.54. The third-order valence-corrected chi connectivity index (χ3v) is 5.75. The Balaban J connectivity index is 1.35. The van der Waals surface area contributed by atoms with E-state index in [4.69, 9.17) is 11.6 Å². The number of aromatic nitrogens is 1. The summed E-state index contributed by atoms with van der Waals surface area (Å²) >= 11 is 6.03. The summed E-state index contributed by atoms with van der Waals surface area (Å²) in [6.45, 7) is 2.26. The fourth-order valence-corrected chi connectivity index (χ4v) is 4.13. The van der Waals surface area contributed by atoms with Gasteiger partial charge in [0, 0.05) is 56.0 Å². The minimum Gasteiger partial charge on any atom is -0.339 e. The highest BCUT2D eigenvalue weighted by atomic mass is 35.5. The normalized spacial score (nSPS) is 17.4. The van der Waals surface area contributed by atoms with Crippen molar-refractivity contribution >= 4 is 23.4 Å². The van der Waals surface area contributed by atoms with Crippen molar-refractivity contribution in [1.82, 2.24) is 14.8 Å². The van der Waals surface area contributed by atoms with Crippen molar-refractivity contribution in [2.75, 3.05) is 19.6 Å². The van der Waals surface area contributed by atoms with E-state index in [1.807, 2.05) is 11.0 Å². The molecule has 1 saturated heterocycles. The molecule has 0 unspecified atom stereocenters. The van der Waals surface area contributed by atoms with E-state index in [0.717, 1.165) is 17.7 Å². The summed E-state index contributed by atoms with van der Waals surface area (Å²) in [6, 6.07) is 7.46. The minimum atomic E-state index is -0.361. The van der Waals surface area contributed by atoms with Gasteiger partial charge in [-0.2, -0.15) is 0 Å². The number of benzene rings is 1. The molecule has 0 saturated carbocycles. The molecule has 0 bridgehead atoms. The largest absolute Gasteiger partial charge is 0.339 e. The van der Waals surface area contributed by atoms with Gasteiger partial charge in [0.05, 0.1) is 5.02 Å². The molecule has 146 valence electrons. The molecule has 28 heavy (non-hydrogen) atoms. The number of likely N-dealkylation sites (tertiary alicyclic amines) is 1. The Hall–Kier alpha value is -2.47. The minimum absolute atomic E-state index is 0.0778. The van der Waals surface area contributed by atoms with E-state index in [1.54, 1.807) is 11.1 Å². The lowest BCUT2D eigenvalue weighted by Gasteiger charge is -2.36. The number of hydrogen-bond donors (Lipinski definition) is 0. The van der Waals surface area contributed by atoms with Crippen LogP contribution >= 0.6 is 11.6 Å². The highest BCUT2D eigenvalue weighted by molar-refractivity contribution is 6.30. The Labute approximate surface area is 168 Å². The van der Waals surface area contributed by atoms with Crippen molar-refractivity contribution in [3.8, 4) is 0 Å². The molecule has 4 rings (SSSR count). The van der Waals surface area contributed by atoms with Crippen LogP contribution in [-0.4, -0.2) is 46.2 Å². The number of nitrogens with zero attached hydrogens (tertiary/aromatic N) is 3. The van der Waals surface area contributed by atoms with Gasteiger partial charge in [0.25, 0.3) is 5.91 Å². The Kier molecular flexibility index (Phi) is 5.31. The van der Waals surface area contributed by atoms with Crippen molar-refractivity contribution in [2.45, 2.75) is 25.8 Å². The van der Waals surface area contributed by atoms with Crippen LogP contribution in [-0.2, 0) is 17.8 Å². The van der Waals surface area contributed by atoms with Gasteiger partial charge in [-0.15, -0.1) is 0 Å². The van der Waals surface area contributed by atoms with Crippen LogP contribution in [0.4, 0.5) is 4.39 Å². The van der Waals surface area contributed by atoms with E-state index in [1.165, 1.54) is 24.3 Å². The monoisotopic (exact) mass is 401 g/mol. The Bertz CT molecular complexity index is 895. The van der Waals surface area contributed by atoms with Gasteiger partial charge in [-0.3, -0.25) is 14.6 Å². The van der Waals surface area contributed by atoms with Crippen LogP contribution < -0.4 is 0 Å². The molecule has 0 N–H and O–H groups in total. The lowest BCUT2D eigenvalue weighted by atomic mass is 9.93. The predicted molar refractivity (Wildman–Crippen MR) is 103 cm³/mol. The average Bonchev–Trinajstić information content (AvgIpc) is 2.73. The summed E-state index contributed by atoms with van der Waals surface area (Å²) in [4.78, 5) is 33.5. The molecule has 0 spiro atoms. The first-order valence-corrected chi connectivity index (χ1v) is 9.86. The van der Waals surface area contributed by atoms with E-state index in [2.05, 4.69) is 4.98 Å². The maximum absolute atomic E-state index is 13.0.